The van der Waals surface area contributed by atoms with Gasteiger partial charge in [0.05, 0.1) is 4.47 Å². The van der Waals surface area contributed by atoms with Crippen molar-refractivity contribution >= 4 is 42.6 Å². The summed E-state index contributed by atoms with van der Waals surface area (Å²) in [5, 5.41) is 12.4. The van der Waals surface area contributed by atoms with Gasteiger partial charge in [-0.3, -0.25) is 4.98 Å². The zero-order valence-electron chi connectivity index (χ0n) is 9.68. The van der Waals surface area contributed by atoms with E-state index in [1.807, 2.05) is 24.3 Å². The van der Waals surface area contributed by atoms with Crippen LogP contribution in [-0.4, -0.2) is 10.1 Å². The van der Waals surface area contributed by atoms with Crippen LogP contribution in [0.3, 0.4) is 0 Å². The molecule has 0 saturated heterocycles. The Balaban J connectivity index is 2.13. The summed E-state index contributed by atoms with van der Waals surface area (Å²) in [6, 6.07) is 9.55. The van der Waals surface area contributed by atoms with Gasteiger partial charge in [-0.1, -0.05) is 24.3 Å². The number of benzene rings is 1. The van der Waals surface area contributed by atoms with E-state index in [4.69, 9.17) is 4.42 Å². The van der Waals surface area contributed by atoms with Gasteiger partial charge in [0, 0.05) is 23.3 Å². The SMILES string of the molecule is OC(c1cc(Br)c(Br)o1)c1cncc2ccccc12. The first-order valence-corrected chi connectivity index (χ1v) is 7.21. The maximum absolute atomic E-state index is 10.5. The molecular weight excluding hydrogens is 374 g/mol. The van der Waals surface area contributed by atoms with E-state index in [1.54, 1.807) is 18.5 Å². The van der Waals surface area contributed by atoms with Crippen LogP contribution in [0.15, 0.2) is 56.3 Å². The standard InChI is InChI=1S/C14H9Br2NO2/c15-11-5-12(19-14(11)16)13(18)10-7-17-6-8-3-1-2-4-9(8)10/h1-7,13,18H. The van der Waals surface area contributed by atoms with Crippen LogP contribution in [0.1, 0.15) is 17.4 Å². The number of aliphatic hydroxyl groups excluding tert-OH is 1. The number of halogens is 2. The second-order valence-corrected chi connectivity index (χ2v) is 5.70. The van der Waals surface area contributed by atoms with Crippen LogP contribution in [0.25, 0.3) is 10.8 Å². The van der Waals surface area contributed by atoms with E-state index in [9.17, 15) is 5.11 Å². The van der Waals surface area contributed by atoms with Gasteiger partial charge in [0.2, 0.25) is 0 Å². The van der Waals surface area contributed by atoms with Crippen molar-refractivity contribution in [3.8, 4) is 0 Å². The highest BCUT2D eigenvalue weighted by molar-refractivity contribution is 9.13. The zero-order valence-corrected chi connectivity index (χ0v) is 12.8. The van der Waals surface area contributed by atoms with Gasteiger partial charge in [-0.15, -0.1) is 0 Å². The minimum atomic E-state index is -0.846. The third kappa shape index (κ3) is 2.33. The summed E-state index contributed by atoms with van der Waals surface area (Å²) in [6.45, 7) is 0. The lowest BCUT2D eigenvalue weighted by molar-refractivity contribution is 0.188. The van der Waals surface area contributed by atoms with E-state index in [-0.39, 0.29) is 0 Å². The Kier molecular flexibility index (Phi) is 3.43. The smallest absolute Gasteiger partial charge is 0.183 e. The van der Waals surface area contributed by atoms with E-state index >= 15 is 0 Å². The second-order valence-electron chi connectivity index (χ2n) is 4.12. The lowest BCUT2D eigenvalue weighted by atomic mass is 10.0. The zero-order chi connectivity index (χ0) is 13.4. The number of rotatable bonds is 2. The molecule has 2 heterocycles. The predicted molar refractivity (Wildman–Crippen MR) is 79.9 cm³/mol. The Morgan fingerprint density at radius 1 is 1.16 bits per heavy atom. The maximum atomic E-state index is 10.5. The van der Waals surface area contributed by atoms with Crippen LogP contribution >= 0.6 is 31.9 Å². The van der Waals surface area contributed by atoms with Crippen molar-refractivity contribution in [1.29, 1.82) is 0 Å². The molecule has 19 heavy (non-hydrogen) atoms. The Morgan fingerprint density at radius 2 is 1.95 bits per heavy atom. The van der Waals surface area contributed by atoms with Gasteiger partial charge in [-0.05, 0) is 43.3 Å². The molecule has 0 aliphatic carbocycles. The molecule has 0 saturated carbocycles. The van der Waals surface area contributed by atoms with Crippen molar-refractivity contribution < 1.29 is 9.52 Å². The van der Waals surface area contributed by atoms with Gasteiger partial charge in [0.1, 0.15) is 11.9 Å². The molecular formula is C14H9Br2NO2. The van der Waals surface area contributed by atoms with Crippen molar-refractivity contribution in [2.24, 2.45) is 0 Å². The summed E-state index contributed by atoms with van der Waals surface area (Å²) in [5.41, 5.74) is 0.729. The summed E-state index contributed by atoms with van der Waals surface area (Å²) < 4.78 is 6.81. The molecule has 1 N–H and O–H groups in total. The Labute approximate surface area is 126 Å². The summed E-state index contributed by atoms with van der Waals surface area (Å²) in [5.74, 6) is 0.469. The van der Waals surface area contributed by atoms with Gasteiger partial charge >= 0.3 is 0 Å². The predicted octanol–water partition coefficient (Wildman–Crippen LogP) is 4.43. The number of furan rings is 1. The lowest BCUT2D eigenvalue weighted by Gasteiger charge is -2.10. The molecule has 0 aliphatic heterocycles. The maximum Gasteiger partial charge on any atom is 0.183 e. The molecule has 0 radical (unpaired) electrons. The molecule has 3 aromatic rings. The average molecular weight is 383 g/mol. The van der Waals surface area contributed by atoms with E-state index in [1.165, 1.54) is 0 Å². The summed E-state index contributed by atoms with van der Waals surface area (Å²) >= 11 is 6.61. The molecule has 3 nitrogen and oxygen atoms in total. The number of aromatic nitrogens is 1. The first-order valence-electron chi connectivity index (χ1n) is 5.62. The highest BCUT2D eigenvalue weighted by Gasteiger charge is 2.19. The fourth-order valence-corrected chi connectivity index (χ4v) is 2.62. The largest absolute Gasteiger partial charge is 0.450 e. The van der Waals surface area contributed by atoms with Crippen LogP contribution in [0.2, 0.25) is 0 Å². The van der Waals surface area contributed by atoms with Crippen molar-refractivity contribution in [3.05, 3.63) is 63.2 Å². The Bertz CT molecular complexity index is 714. The molecule has 0 aliphatic rings. The minimum Gasteiger partial charge on any atom is -0.450 e. The molecule has 0 bridgehead atoms. The van der Waals surface area contributed by atoms with Crippen molar-refractivity contribution in [2.45, 2.75) is 6.10 Å². The van der Waals surface area contributed by atoms with E-state index < -0.39 is 6.10 Å². The minimum absolute atomic E-state index is 0.469. The molecule has 0 fully saturated rings. The van der Waals surface area contributed by atoms with Crippen LogP contribution in [-0.2, 0) is 0 Å². The van der Waals surface area contributed by atoms with Crippen LogP contribution in [0, 0.1) is 0 Å². The number of nitrogens with zero attached hydrogens (tertiary/aromatic N) is 1. The fourth-order valence-electron chi connectivity index (χ4n) is 2.01. The number of aliphatic hydroxyl groups is 1. The van der Waals surface area contributed by atoms with Crippen molar-refractivity contribution in [1.82, 2.24) is 4.98 Å². The van der Waals surface area contributed by atoms with Gasteiger partial charge in [-0.25, -0.2) is 0 Å². The van der Waals surface area contributed by atoms with Gasteiger partial charge in [-0.2, -0.15) is 0 Å². The van der Waals surface area contributed by atoms with Gasteiger partial charge in [0.15, 0.2) is 4.67 Å². The van der Waals surface area contributed by atoms with E-state index in [0.29, 0.717) is 10.4 Å². The highest BCUT2D eigenvalue weighted by Crippen LogP contribution is 2.34. The average Bonchev–Trinajstić information content (AvgIpc) is 2.77. The molecule has 96 valence electrons. The number of hydrogen-bond donors (Lipinski definition) is 1. The molecule has 1 atom stereocenters. The third-order valence-corrected chi connectivity index (χ3v) is 4.64. The second kappa shape index (κ2) is 5.07. The molecule has 0 spiro atoms. The fraction of sp³-hybridized carbons (Fsp3) is 0.0714. The number of pyridine rings is 1. The molecule has 3 rings (SSSR count). The van der Waals surface area contributed by atoms with Crippen molar-refractivity contribution in [3.63, 3.8) is 0 Å². The van der Waals surface area contributed by atoms with E-state index in [2.05, 4.69) is 36.8 Å². The van der Waals surface area contributed by atoms with E-state index in [0.717, 1.165) is 20.8 Å². The monoisotopic (exact) mass is 381 g/mol. The summed E-state index contributed by atoms with van der Waals surface area (Å²) in [7, 11) is 0. The first kappa shape index (κ1) is 12.8. The first-order chi connectivity index (χ1) is 9.16. The highest BCUT2D eigenvalue weighted by atomic mass is 79.9. The van der Waals surface area contributed by atoms with Gasteiger partial charge < -0.3 is 9.52 Å². The molecule has 1 aromatic carbocycles. The Morgan fingerprint density at radius 3 is 2.68 bits per heavy atom. The lowest BCUT2D eigenvalue weighted by Crippen LogP contribution is -1.99. The van der Waals surface area contributed by atoms with Crippen LogP contribution in [0.4, 0.5) is 0 Å². The third-order valence-electron chi connectivity index (χ3n) is 2.93. The quantitative estimate of drug-likeness (QED) is 0.712. The molecule has 1 unspecified atom stereocenters. The summed E-state index contributed by atoms with van der Waals surface area (Å²) in [4.78, 5) is 4.16. The number of hydrogen-bond acceptors (Lipinski definition) is 3. The van der Waals surface area contributed by atoms with Gasteiger partial charge in [0.25, 0.3) is 0 Å². The Hall–Kier alpha value is -1.17. The topological polar surface area (TPSA) is 46.3 Å². The molecule has 5 heteroatoms. The normalized spacial score (nSPS) is 12.8. The summed E-state index contributed by atoms with van der Waals surface area (Å²) in [6.07, 6.45) is 2.60. The van der Waals surface area contributed by atoms with Crippen molar-refractivity contribution in [2.75, 3.05) is 0 Å². The molecule has 0 amide bonds. The van der Waals surface area contributed by atoms with Crippen LogP contribution < -0.4 is 0 Å². The number of fused-ring (bicyclic) bond motifs is 1. The van der Waals surface area contributed by atoms with Crippen LogP contribution in [0.5, 0.6) is 0 Å². The molecule has 2 aromatic heterocycles.